The molecule has 3 aliphatic heterocycles. The lowest BCUT2D eigenvalue weighted by Gasteiger charge is -2.37. The van der Waals surface area contributed by atoms with Crippen LogP contribution in [-0.2, 0) is 28.2 Å². The number of nitrogens with zero attached hydrogens (tertiary/aromatic N) is 5. The summed E-state index contributed by atoms with van der Waals surface area (Å²) in [5.41, 5.74) is 4.58. The number of hydrogen-bond donors (Lipinski definition) is 1. The number of benzene rings is 6. The molecular formula is C50H47N5O5Si. The smallest absolute Gasteiger partial charge is 0.264 e. The van der Waals surface area contributed by atoms with Crippen molar-refractivity contribution >= 4 is 52.9 Å². The van der Waals surface area contributed by atoms with Gasteiger partial charge in [-0.2, -0.15) is 0 Å². The van der Waals surface area contributed by atoms with Crippen molar-refractivity contribution in [1.82, 2.24) is 15.0 Å². The highest BCUT2D eigenvalue weighted by atomic mass is 28.3. The van der Waals surface area contributed by atoms with Crippen molar-refractivity contribution in [2.75, 3.05) is 16.9 Å². The lowest BCUT2D eigenvalue weighted by atomic mass is 9.82. The summed E-state index contributed by atoms with van der Waals surface area (Å²) < 4.78 is 14.8. The first kappa shape index (κ1) is 38.8. The van der Waals surface area contributed by atoms with Crippen molar-refractivity contribution in [3.63, 3.8) is 0 Å². The van der Waals surface area contributed by atoms with Crippen molar-refractivity contribution in [3.8, 4) is 5.75 Å². The normalized spacial score (nSPS) is 21.2. The molecule has 1 spiro atoms. The van der Waals surface area contributed by atoms with Gasteiger partial charge in [0, 0.05) is 29.1 Å². The maximum atomic E-state index is 15.6. The van der Waals surface area contributed by atoms with E-state index < -0.39 is 19.8 Å². The fraction of sp³-hybridized carbons (Fsp3) is 0.240. The van der Waals surface area contributed by atoms with Crippen molar-refractivity contribution in [2.45, 2.75) is 62.9 Å². The molecule has 5 atom stereocenters. The molecule has 1 N–H and O–H groups in total. The fourth-order valence-corrected chi connectivity index (χ4v) is 14.5. The highest BCUT2D eigenvalue weighted by Crippen LogP contribution is 2.61. The average Bonchev–Trinajstić information content (AvgIpc) is 4.03. The molecule has 3 aliphatic rings. The molecule has 10 rings (SSSR count). The number of fused-ring (bicyclic) bond motifs is 2. The number of rotatable bonds is 11. The standard InChI is InChI=1S/C50H47N5O5Si/c1-32-47(61(3,4)38-24-22-37(59-2)23-25-38)44(27-28-53-31-41(51-52-53)46(56)35-15-9-6-10-16-35)60-50(32)40-29-36(21-26-42(40)54(49(50)58)30-33-13-7-5-8-14-33)55-43-20-12-18-34-17-11-19-39(45(34)43)48(55)57/h5-26,29,31-32,44,46-47,56H,27-28,30H2,1-4H3/t32-,44+,46-,47-,50+/m1/s1. The highest BCUT2D eigenvalue weighted by molar-refractivity contribution is 6.91. The number of carbonyl (C=O) groups is 2. The molecule has 1 fully saturated rings. The fourth-order valence-electron chi connectivity index (χ4n) is 10.4. The van der Waals surface area contributed by atoms with Crippen LogP contribution in [0.1, 0.15) is 52.2 Å². The molecule has 11 heteroatoms. The third-order valence-electron chi connectivity index (χ3n) is 13.4. The molecule has 61 heavy (non-hydrogen) atoms. The zero-order valence-electron chi connectivity index (χ0n) is 34.6. The number of carbonyl (C=O) groups excluding carboxylic acids is 2. The van der Waals surface area contributed by atoms with E-state index >= 15 is 4.79 Å². The van der Waals surface area contributed by atoms with Crippen molar-refractivity contribution in [3.05, 3.63) is 174 Å². The summed E-state index contributed by atoms with van der Waals surface area (Å²) in [5, 5.41) is 23.1. The molecule has 1 saturated heterocycles. The predicted molar refractivity (Wildman–Crippen MR) is 239 cm³/mol. The van der Waals surface area contributed by atoms with E-state index in [1.807, 2.05) is 132 Å². The Bertz CT molecular complexity index is 2790. The van der Waals surface area contributed by atoms with Gasteiger partial charge in [-0.25, -0.2) is 0 Å². The maximum Gasteiger partial charge on any atom is 0.264 e. The maximum absolute atomic E-state index is 15.6. The first-order valence-corrected chi connectivity index (χ1v) is 24.0. The second-order valence-corrected chi connectivity index (χ2v) is 21.8. The lowest BCUT2D eigenvalue weighted by molar-refractivity contribution is -0.146. The summed E-state index contributed by atoms with van der Waals surface area (Å²) in [6.45, 7) is 7.76. The molecule has 4 heterocycles. The molecule has 0 radical (unpaired) electrons. The van der Waals surface area contributed by atoms with Crippen LogP contribution in [0.5, 0.6) is 5.75 Å². The Kier molecular flexibility index (Phi) is 9.50. The number of methoxy groups -OCH3 is 1. The molecule has 0 bridgehead atoms. The van der Waals surface area contributed by atoms with Crippen LogP contribution in [0.25, 0.3) is 10.8 Å². The Labute approximate surface area is 356 Å². The minimum atomic E-state index is -2.47. The monoisotopic (exact) mass is 825 g/mol. The first-order valence-electron chi connectivity index (χ1n) is 20.9. The Morgan fingerprint density at radius 1 is 0.852 bits per heavy atom. The van der Waals surface area contributed by atoms with Crippen LogP contribution in [0.3, 0.4) is 0 Å². The summed E-state index contributed by atoms with van der Waals surface area (Å²) in [7, 11) is -0.798. The predicted octanol–water partition coefficient (Wildman–Crippen LogP) is 8.67. The molecule has 10 nitrogen and oxygen atoms in total. The summed E-state index contributed by atoms with van der Waals surface area (Å²) in [5.74, 6) is 0.329. The van der Waals surface area contributed by atoms with Crippen molar-refractivity contribution < 1.29 is 24.2 Å². The number of aliphatic hydroxyl groups is 1. The summed E-state index contributed by atoms with van der Waals surface area (Å²) in [6, 6.07) is 45.7. The van der Waals surface area contributed by atoms with Gasteiger partial charge in [0.1, 0.15) is 17.5 Å². The molecule has 1 aromatic heterocycles. The number of ether oxygens (including phenoxy) is 2. The van der Waals surface area contributed by atoms with E-state index in [2.05, 4.69) is 42.5 Å². The van der Waals surface area contributed by atoms with Gasteiger partial charge in [-0.05, 0) is 70.9 Å². The Balaban J connectivity index is 1.08. The number of aliphatic hydroxyl groups excluding tert-OH is 1. The Morgan fingerprint density at radius 3 is 2.31 bits per heavy atom. The van der Waals surface area contributed by atoms with Gasteiger partial charge in [0.15, 0.2) is 5.60 Å². The molecular weight excluding hydrogens is 779 g/mol. The SMILES string of the molecule is COc1ccc([Si](C)(C)[C@H]2[C@H](CCn3cc([C@H](O)c4ccccc4)nn3)O[C@@]3(C(=O)N(Cc4ccccc4)c4ccc(N5C(=O)c6cccc7cccc5c67)cc43)[C@@H]2C)cc1. The minimum absolute atomic E-state index is 0.0256. The number of amides is 2. The molecule has 0 saturated carbocycles. The molecule has 2 amide bonds. The van der Waals surface area contributed by atoms with Gasteiger partial charge in [-0.15, -0.1) is 5.10 Å². The molecule has 0 aliphatic carbocycles. The topological polar surface area (TPSA) is 110 Å². The van der Waals surface area contributed by atoms with Crippen molar-refractivity contribution in [1.29, 1.82) is 0 Å². The first-order chi connectivity index (χ1) is 29.6. The van der Waals surface area contributed by atoms with E-state index in [1.54, 1.807) is 22.9 Å². The van der Waals surface area contributed by atoms with E-state index in [9.17, 15) is 9.90 Å². The van der Waals surface area contributed by atoms with Crippen LogP contribution >= 0.6 is 0 Å². The average molecular weight is 826 g/mol. The third kappa shape index (κ3) is 6.21. The van der Waals surface area contributed by atoms with Gasteiger partial charge >= 0.3 is 0 Å². The van der Waals surface area contributed by atoms with Crippen molar-refractivity contribution in [2.24, 2.45) is 5.92 Å². The second kappa shape index (κ2) is 14.9. The van der Waals surface area contributed by atoms with Gasteiger partial charge in [0.2, 0.25) is 0 Å². The quantitative estimate of drug-likeness (QED) is 0.130. The Morgan fingerprint density at radius 2 is 1.57 bits per heavy atom. The van der Waals surface area contributed by atoms with Gasteiger partial charge in [-0.3, -0.25) is 19.2 Å². The highest BCUT2D eigenvalue weighted by Gasteiger charge is 2.66. The molecule has 306 valence electrons. The second-order valence-electron chi connectivity index (χ2n) is 17.1. The van der Waals surface area contributed by atoms with Crippen LogP contribution in [0, 0.1) is 5.92 Å². The summed E-state index contributed by atoms with van der Waals surface area (Å²) in [6.07, 6.45) is 1.09. The van der Waals surface area contributed by atoms with Gasteiger partial charge in [0.05, 0.1) is 51.0 Å². The van der Waals surface area contributed by atoms with E-state index in [4.69, 9.17) is 9.47 Å². The van der Waals surface area contributed by atoms with E-state index in [0.717, 1.165) is 44.6 Å². The minimum Gasteiger partial charge on any atom is -0.497 e. The molecule has 6 aromatic carbocycles. The van der Waals surface area contributed by atoms with Crippen LogP contribution in [0.2, 0.25) is 18.6 Å². The summed E-state index contributed by atoms with van der Waals surface area (Å²) in [4.78, 5) is 33.6. The van der Waals surface area contributed by atoms with Crippen LogP contribution in [-0.4, -0.2) is 53.2 Å². The van der Waals surface area contributed by atoms with Gasteiger partial charge < -0.3 is 19.5 Å². The zero-order valence-corrected chi connectivity index (χ0v) is 35.6. The largest absolute Gasteiger partial charge is 0.497 e. The summed E-state index contributed by atoms with van der Waals surface area (Å²) >= 11 is 0. The zero-order chi connectivity index (χ0) is 42.0. The van der Waals surface area contributed by atoms with E-state index in [0.29, 0.717) is 36.5 Å². The number of hydrogen-bond acceptors (Lipinski definition) is 7. The Hall–Kier alpha value is -6.40. The van der Waals surface area contributed by atoms with Gasteiger partial charge in [-0.1, -0.05) is 127 Å². The third-order valence-corrected chi connectivity index (χ3v) is 17.8. The number of aryl methyl sites for hydroxylation is 1. The van der Waals surface area contributed by atoms with Gasteiger partial charge in [0.25, 0.3) is 11.8 Å². The molecule has 0 unspecified atom stereocenters. The van der Waals surface area contributed by atoms with Crippen LogP contribution in [0.4, 0.5) is 17.1 Å². The van der Waals surface area contributed by atoms with E-state index in [1.165, 1.54) is 5.19 Å². The molecule has 7 aromatic rings. The number of anilines is 3. The van der Waals surface area contributed by atoms with Crippen LogP contribution in [0.15, 0.2) is 146 Å². The number of aromatic nitrogens is 3. The van der Waals surface area contributed by atoms with Crippen LogP contribution < -0.4 is 19.7 Å². The lowest BCUT2D eigenvalue weighted by Crippen LogP contribution is -2.51. The van der Waals surface area contributed by atoms with E-state index in [-0.39, 0.29) is 29.4 Å².